The summed E-state index contributed by atoms with van der Waals surface area (Å²) in [6.07, 6.45) is 2.04. The van der Waals surface area contributed by atoms with E-state index >= 15 is 0 Å². The molecule has 0 fully saturated rings. The molecular formula is C17H20N2S2. The third kappa shape index (κ3) is 3.99. The van der Waals surface area contributed by atoms with E-state index in [2.05, 4.69) is 36.5 Å². The van der Waals surface area contributed by atoms with Crippen LogP contribution in [0.15, 0.2) is 53.4 Å². The highest BCUT2D eigenvalue weighted by atomic mass is 32.2. The average molecular weight is 316 g/mol. The van der Waals surface area contributed by atoms with Crippen LogP contribution in [0.4, 0.5) is 5.69 Å². The van der Waals surface area contributed by atoms with Gasteiger partial charge in [-0.1, -0.05) is 55.5 Å². The van der Waals surface area contributed by atoms with Gasteiger partial charge in [-0.05, 0) is 29.9 Å². The highest BCUT2D eigenvalue weighted by Gasteiger charge is 2.12. The van der Waals surface area contributed by atoms with Crippen LogP contribution in [0.25, 0.3) is 0 Å². The van der Waals surface area contributed by atoms with E-state index in [1.54, 1.807) is 11.8 Å². The molecule has 0 amide bonds. The third-order valence-corrected chi connectivity index (χ3v) is 4.44. The monoisotopic (exact) mass is 316 g/mol. The Kier molecular flexibility index (Phi) is 5.65. The first-order valence-electron chi connectivity index (χ1n) is 6.89. The number of hydrogen-bond donors (Lipinski definition) is 2. The number of benzene rings is 2. The Bertz CT molecular complexity index is 611. The number of hydrogen-bond acceptors (Lipinski definition) is 3. The maximum Gasteiger partial charge on any atom is 0.107 e. The van der Waals surface area contributed by atoms with Crippen molar-refractivity contribution in [2.24, 2.45) is 5.73 Å². The summed E-state index contributed by atoms with van der Waals surface area (Å²) < 4.78 is 0. The van der Waals surface area contributed by atoms with Crippen LogP contribution in [-0.4, -0.2) is 17.8 Å². The van der Waals surface area contributed by atoms with Crippen molar-refractivity contribution in [3.05, 3.63) is 59.7 Å². The smallest absolute Gasteiger partial charge is 0.107 e. The Labute approximate surface area is 136 Å². The zero-order chi connectivity index (χ0) is 15.2. The minimum atomic E-state index is 0.420. The molecule has 4 heteroatoms. The summed E-state index contributed by atoms with van der Waals surface area (Å²) in [5.41, 5.74) is 9.16. The molecule has 1 unspecified atom stereocenters. The van der Waals surface area contributed by atoms with Crippen LogP contribution in [0.3, 0.4) is 0 Å². The molecule has 2 aromatic rings. The summed E-state index contributed by atoms with van der Waals surface area (Å²) in [5.74, 6) is 0.420. The molecule has 21 heavy (non-hydrogen) atoms. The summed E-state index contributed by atoms with van der Waals surface area (Å²) in [4.78, 5) is 1.55. The zero-order valence-electron chi connectivity index (χ0n) is 12.3. The van der Waals surface area contributed by atoms with Crippen molar-refractivity contribution < 1.29 is 0 Å². The molecule has 0 saturated carbocycles. The van der Waals surface area contributed by atoms with Gasteiger partial charge in [0.1, 0.15) is 4.99 Å². The maximum atomic E-state index is 5.89. The Morgan fingerprint density at radius 2 is 1.90 bits per heavy atom. The van der Waals surface area contributed by atoms with Crippen molar-refractivity contribution in [1.82, 2.24) is 0 Å². The first kappa shape index (κ1) is 15.9. The predicted octanol–water partition coefficient (Wildman–Crippen LogP) is 4.26. The lowest BCUT2D eigenvalue weighted by molar-refractivity contribution is 0.804. The van der Waals surface area contributed by atoms with Gasteiger partial charge < -0.3 is 11.1 Å². The summed E-state index contributed by atoms with van der Waals surface area (Å²) in [6, 6.07) is 16.6. The molecule has 0 aromatic heterocycles. The van der Waals surface area contributed by atoms with Crippen molar-refractivity contribution in [1.29, 1.82) is 0 Å². The molecule has 3 N–H and O–H groups in total. The quantitative estimate of drug-likeness (QED) is 0.617. The van der Waals surface area contributed by atoms with E-state index in [-0.39, 0.29) is 0 Å². The van der Waals surface area contributed by atoms with E-state index in [0.29, 0.717) is 10.9 Å². The van der Waals surface area contributed by atoms with Crippen molar-refractivity contribution in [2.75, 3.05) is 18.1 Å². The van der Waals surface area contributed by atoms with E-state index < -0.39 is 0 Å². The Hall–Kier alpha value is -1.52. The number of thioether (sulfide) groups is 1. The molecule has 1 atom stereocenters. The number of nitrogens with one attached hydrogen (secondary N) is 1. The van der Waals surface area contributed by atoms with E-state index in [1.807, 2.05) is 30.5 Å². The Morgan fingerprint density at radius 3 is 2.52 bits per heavy atom. The zero-order valence-corrected chi connectivity index (χ0v) is 13.9. The predicted molar refractivity (Wildman–Crippen MR) is 97.5 cm³/mol. The van der Waals surface area contributed by atoms with Crippen LogP contribution in [0, 0.1) is 0 Å². The summed E-state index contributed by atoms with van der Waals surface area (Å²) in [7, 11) is 0. The standard InChI is InChI=1S/C17H20N2S2/c1-12(13-7-4-3-5-8-13)11-19-14-9-6-10-15(21-2)16(14)17(18)20/h3-10,12,19H,11H2,1-2H3,(H2,18,20). The SMILES string of the molecule is CSc1cccc(NCC(C)c2ccccc2)c1C(N)=S. The molecule has 110 valence electrons. The molecule has 0 aliphatic rings. The molecule has 2 aromatic carbocycles. The highest BCUT2D eigenvalue weighted by molar-refractivity contribution is 7.98. The highest BCUT2D eigenvalue weighted by Crippen LogP contribution is 2.27. The van der Waals surface area contributed by atoms with E-state index in [0.717, 1.165) is 22.7 Å². The van der Waals surface area contributed by atoms with Crippen molar-refractivity contribution in [3.8, 4) is 0 Å². The fourth-order valence-corrected chi connectivity index (χ4v) is 3.19. The lowest BCUT2D eigenvalue weighted by atomic mass is 10.0. The molecule has 0 bridgehead atoms. The van der Waals surface area contributed by atoms with Gasteiger partial charge in [-0.3, -0.25) is 0 Å². The maximum absolute atomic E-state index is 5.89. The minimum Gasteiger partial charge on any atom is -0.389 e. The number of nitrogens with two attached hydrogens (primary N) is 1. The lowest BCUT2D eigenvalue weighted by Gasteiger charge is -2.17. The number of rotatable bonds is 6. The van der Waals surface area contributed by atoms with E-state index in [4.69, 9.17) is 18.0 Å². The summed E-state index contributed by atoms with van der Waals surface area (Å²) in [5, 5.41) is 3.49. The molecule has 0 heterocycles. The molecule has 0 radical (unpaired) electrons. The van der Waals surface area contributed by atoms with Gasteiger partial charge in [0.25, 0.3) is 0 Å². The fraction of sp³-hybridized carbons (Fsp3) is 0.235. The second-order valence-corrected chi connectivity index (χ2v) is 6.23. The van der Waals surface area contributed by atoms with Gasteiger partial charge in [0.2, 0.25) is 0 Å². The van der Waals surface area contributed by atoms with Gasteiger partial charge in [-0.2, -0.15) is 0 Å². The molecule has 2 nitrogen and oxygen atoms in total. The molecule has 0 aliphatic carbocycles. The van der Waals surface area contributed by atoms with Gasteiger partial charge >= 0.3 is 0 Å². The van der Waals surface area contributed by atoms with Gasteiger partial charge in [0, 0.05) is 22.7 Å². The second kappa shape index (κ2) is 7.48. The first-order valence-corrected chi connectivity index (χ1v) is 8.52. The lowest BCUT2D eigenvalue weighted by Crippen LogP contribution is -2.17. The van der Waals surface area contributed by atoms with Crippen LogP contribution in [0.2, 0.25) is 0 Å². The fourth-order valence-electron chi connectivity index (χ4n) is 2.27. The number of anilines is 1. The van der Waals surface area contributed by atoms with Crippen LogP contribution in [0.5, 0.6) is 0 Å². The minimum absolute atomic E-state index is 0.420. The Balaban J connectivity index is 2.15. The molecule has 0 saturated heterocycles. The third-order valence-electron chi connectivity index (χ3n) is 3.46. The summed E-state index contributed by atoms with van der Waals surface area (Å²) >= 11 is 6.86. The van der Waals surface area contributed by atoms with Crippen molar-refractivity contribution >= 4 is 34.7 Å². The van der Waals surface area contributed by atoms with Crippen molar-refractivity contribution in [2.45, 2.75) is 17.7 Å². The van der Waals surface area contributed by atoms with Gasteiger partial charge in [-0.25, -0.2) is 0 Å². The van der Waals surface area contributed by atoms with Gasteiger partial charge in [-0.15, -0.1) is 11.8 Å². The average Bonchev–Trinajstić information content (AvgIpc) is 2.52. The van der Waals surface area contributed by atoms with E-state index in [1.165, 1.54) is 5.56 Å². The summed E-state index contributed by atoms with van der Waals surface area (Å²) in [6.45, 7) is 3.05. The molecule has 0 aliphatic heterocycles. The van der Waals surface area contributed by atoms with Gasteiger partial charge in [0.15, 0.2) is 0 Å². The number of thiocarbonyl (C=S) groups is 1. The van der Waals surface area contributed by atoms with Crippen LogP contribution in [0.1, 0.15) is 24.0 Å². The first-order chi connectivity index (χ1) is 10.1. The Morgan fingerprint density at radius 1 is 1.19 bits per heavy atom. The molecule has 0 spiro atoms. The van der Waals surface area contributed by atoms with Crippen molar-refractivity contribution in [3.63, 3.8) is 0 Å². The van der Waals surface area contributed by atoms with Gasteiger partial charge in [0.05, 0.1) is 0 Å². The van der Waals surface area contributed by atoms with Crippen LogP contribution < -0.4 is 11.1 Å². The normalized spacial score (nSPS) is 11.9. The second-order valence-electron chi connectivity index (χ2n) is 4.94. The largest absolute Gasteiger partial charge is 0.389 e. The topological polar surface area (TPSA) is 38.0 Å². The molecular weight excluding hydrogens is 296 g/mol. The van der Waals surface area contributed by atoms with Crippen LogP contribution in [-0.2, 0) is 0 Å². The van der Waals surface area contributed by atoms with Crippen LogP contribution >= 0.6 is 24.0 Å². The molecule has 2 rings (SSSR count). The van der Waals surface area contributed by atoms with E-state index in [9.17, 15) is 0 Å².